The summed E-state index contributed by atoms with van der Waals surface area (Å²) < 4.78 is 87.1. The van der Waals surface area contributed by atoms with Gasteiger partial charge >= 0.3 is 12.4 Å². The first-order valence-corrected chi connectivity index (χ1v) is 14.0. The van der Waals surface area contributed by atoms with E-state index in [1.807, 2.05) is 0 Å². The second-order valence-electron chi connectivity index (χ2n) is 12.2. The summed E-state index contributed by atoms with van der Waals surface area (Å²) in [7, 11) is 0. The van der Waals surface area contributed by atoms with Crippen molar-refractivity contribution in [2.24, 2.45) is 0 Å². The van der Waals surface area contributed by atoms with Gasteiger partial charge in [0.1, 0.15) is 5.75 Å². The zero-order valence-corrected chi connectivity index (χ0v) is 26.2. The van der Waals surface area contributed by atoms with Crippen LogP contribution in [0.5, 0.6) is 5.75 Å². The molecule has 3 aliphatic rings. The van der Waals surface area contributed by atoms with Crippen LogP contribution in [0.1, 0.15) is 52.9 Å². The number of hydrogen-bond donors (Lipinski definition) is 1. The Morgan fingerprint density at radius 3 is 2.14 bits per heavy atom. The summed E-state index contributed by atoms with van der Waals surface area (Å²) in [6, 6.07) is 5.88. The zero-order chi connectivity index (χ0) is 30.6. The highest BCUT2D eigenvalue weighted by Gasteiger charge is 2.50. The average molecular weight is 673 g/mol. The fraction of sp³-hybridized carbons (Fsp3) is 0.567. The quantitative estimate of drug-likeness (QED) is 0.371. The maximum absolute atomic E-state index is 13.6. The van der Waals surface area contributed by atoms with E-state index in [-0.39, 0.29) is 61.3 Å². The van der Waals surface area contributed by atoms with Crippen molar-refractivity contribution >= 4 is 30.7 Å². The van der Waals surface area contributed by atoms with Gasteiger partial charge in [-0.15, -0.1) is 24.8 Å². The third kappa shape index (κ3) is 7.75. The van der Waals surface area contributed by atoms with E-state index in [0.717, 1.165) is 19.5 Å². The Hall–Kier alpha value is -2.25. The number of aryl methyl sites for hydroxylation is 1. The number of hydrogen-bond acceptors (Lipinski definition) is 5. The molecule has 1 amide bonds. The Morgan fingerprint density at radius 1 is 0.955 bits per heavy atom. The summed E-state index contributed by atoms with van der Waals surface area (Å²) in [5.41, 5.74) is -2.56. The maximum Gasteiger partial charge on any atom is 0.416 e. The molecule has 0 aliphatic carbocycles. The molecule has 2 aromatic rings. The Labute approximate surface area is 265 Å². The van der Waals surface area contributed by atoms with Crippen LogP contribution in [0.25, 0.3) is 0 Å². The van der Waals surface area contributed by atoms with Crippen LogP contribution in [-0.2, 0) is 23.5 Å². The number of benzene rings is 2. The predicted octanol–water partition coefficient (Wildman–Crippen LogP) is 6.20. The number of alkyl halides is 6. The molecule has 3 atom stereocenters. The van der Waals surface area contributed by atoms with Crippen LogP contribution in [0, 0.1) is 6.92 Å². The lowest BCUT2D eigenvalue weighted by atomic mass is 9.98. The normalized spacial score (nSPS) is 23.8. The number of carbonyl (C=O) groups is 1. The van der Waals surface area contributed by atoms with E-state index in [4.69, 9.17) is 4.74 Å². The molecule has 0 spiro atoms. The number of ether oxygens (including phenoxy) is 1. The highest BCUT2D eigenvalue weighted by atomic mass is 35.5. The fourth-order valence-corrected chi connectivity index (χ4v) is 6.56. The maximum atomic E-state index is 13.6. The Morgan fingerprint density at radius 2 is 1.59 bits per heavy atom. The van der Waals surface area contributed by atoms with E-state index in [1.165, 1.54) is 4.90 Å². The standard InChI is InChI=1S/C30H35F6N3O3.2ClH/c1-18-4-5-19(11-25(18)40)10-23-16-37(6-8-38-17-24-15-26(38)28(2,3)42-24)7-9-39(23)27(41)20-12-21(29(31,32)33)14-22(13-20)30(34,35)36;;/h4-5,11-14,23-24,26,40H,6-10,15-17H2,1-3H3;2*1H/t23?,24-,26+;;/m1../s1. The lowest BCUT2D eigenvalue weighted by Crippen LogP contribution is -2.58. The highest BCUT2D eigenvalue weighted by molar-refractivity contribution is 5.95. The number of amides is 1. The van der Waals surface area contributed by atoms with Crippen molar-refractivity contribution in [2.75, 3.05) is 39.3 Å². The van der Waals surface area contributed by atoms with Crippen LogP contribution in [-0.4, -0.2) is 88.8 Å². The molecule has 6 nitrogen and oxygen atoms in total. The molecule has 0 saturated carbocycles. The Bertz CT molecular complexity index is 1310. The van der Waals surface area contributed by atoms with Crippen molar-refractivity contribution in [3.8, 4) is 5.75 Å². The number of aromatic hydroxyl groups is 1. The van der Waals surface area contributed by atoms with E-state index >= 15 is 0 Å². The van der Waals surface area contributed by atoms with Crippen molar-refractivity contribution < 1.29 is 41.0 Å². The van der Waals surface area contributed by atoms with Crippen LogP contribution in [0.3, 0.4) is 0 Å². The van der Waals surface area contributed by atoms with Crippen molar-refractivity contribution in [3.05, 3.63) is 64.2 Å². The SMILES string of the molecule is Cc1ccc(CC2CN(CCN3C[C@H]4C[C@H]3C(C)(C)O4)CCN2C(=O)c2cc(C(F)(F)F)cc(C(F)(F)F)c2)cc1O.Cl.Cl. The van der Waals surface area contributed by atoms with Crippen LogP contribution in [0.15, 0.2) is 36.4 Å². The number of rotatable bonds is 6. The molecular weight excluding hydrogens is 635 g/mol. The summed E-state index contributed by atoms with van der Waals surface area (Å²) in [5.74, 6) is -0.817. The molecule has 3 saturated heterocycles. The molecule has 3 heterocycles. The molecule has 0 aromatic heterocycles. The lowest BCUT2D eigenvalue weighted by molar-refractivity contribution is -0.143. The number of phenols is 1. The average Bonchev–Trinajstić information content (AvgIpc) is 3.44. The second kappa shape index (κ2) is 13.2. The molecular formula is C30H37Cl2F6N3O3. The molecule has 5 rings (SSSR count). The lowest BCUT2D eigenvalue weighted by Gasteiger charge is -2.43. The minimum atomic E-state index is -5.05. The summed E-state index contributed by atoms with van der Waals surface area (Å²) in [6.45, 7) is 9.16. The molecule has 3 fully saturated rings. The van der Waals surface area contributed by atoms with Gasteiger partial charge in [0.05, 0.1) is 22.8 Å². The van der Waals surface area contributed by atoms with Crippen LogP contribution in [0.4, 0.5) is 26.3 Å². The van der Waals surface area contributed by atoms with Gasteiger partial charge in [-0.1, -0.05) is 12.1 Å². The van der Waals surface area contributed by atoms with Gasteiger partial charge in [0.25, 0.3) is 5.91 Å². The minimum absolute atomic E-state index is 0. The highest BCUT2D eigenvalue weighted by Crippen LogP contribution is 2.40. The molecule has 44 heavy (non-hydrogen) atoms. The summed E-state index contributed by atoms with van der Waals surface area (Å²) in [4.78, 5) is 19.6. The smallest absolute Gasteiger partial charge is 0.416 e. The number of phenolic OH excluding ortho intramolecular Hbond substituents is 1. The van der Waals surface area contributed by atoms with Crippen LogP contribution < -0.4 is 0 Å². The van der Waals surface area contributed by atoms with Gasteiger partial charge in [-0.2, -0.15) is 26.3 Å². The van der Waals surface area contributed by atoms with Gasteiger partial charge in [-0.05, 0) is 69.0 Å². The van der Waals surface area contributed by atoms with Gasteiger partial charge < -0.3 is 14.7 Å². The number of carbonyl (C=O) groups excluding carboxylic acids is 1. The topological polar surface area (TPSA) is 56.2 Å². The molecule has 1 unspecified atom stereocenters. The number of halogens is 8. The van der Waals surface area contributed by atoms with Gasteiger partial charge in [0.15, 0.2) is 0 Å². The van der Waals surface area contributed by atoms with E-state index in [1.54, 1.807) is 25.1 Å². The molecule has 246 valence electrons. The van der Waals surface area contributed by atoms with Gasteiger partial charge in [-0.25, -0.2) is 0 Å². The van der Waals surface area contributed by atoms with Gasteiger partial charge in [-0.3, -0.25) is 14.6 Å². The van der Waals surface area contributed by atoms with Crippen LogP contribution in [0.2, 0.25) is 0 Å². The third-order valence-electron chi connectivity index (χ3n) is 8.75. The number of piperazine rings is 1. The zero-order valence-electron chi connectivity index (χ0n) is 24.5. The van der Waals surface area contributed by atoms with E-state index in [2.05, 4.69) is 23.6 Å². The summed E-state index contributed by atoms with van der Waals surface area (Å²) >= 11 is 0. The third-order valence-corrected chi connectivity index (χ3v) is 8.75. The fourth-order valence-electron chi connectivity index (χ4n) is 6.56. The number of morpholine rings is 1. The first kappa shape index (κ1) is 36.2. The van der Waals surface area contributed by atoms with Crippen LogP contribution >= 0.6 is 24.8 Å². The summed E-state index contributed by atoms with van der Waals surface area (Å²) in [6.07, 6.45) is -8.65. The number of nitrogens with zero attached hydrogens (tertiary/aromatic N) is 3. The van der Waals surface area contributed by atoms with Crippen molar-refractivity contribution in [1.29, 1.82) is 0 Å². The van der Waals surface area contributed by atoms with Crippen molar-refractivity contribution in [3.63, 3.8) is 0 Å². The van der Waals surface area contributed by atoms with E-state index in [9.17, 15) is 36.2 Å². The minimum Gasteiger partial charge on any atom is -0.508 e. The monoisotopic (exact) mass is 671 g/mol. The molecule has 14 heteroatoms. The first-order chi connectivity index (χ1) is 19.5. The number of fused-ring (bicyclic) bond motifs is 2. The molecule has 0 radical (unpaired) electrons. The van der Waals surface area contributed by atoms with Crippen molar-refractivity contribution in [1.82, 2.24) is 14.7 Å². The molecule has 2 bridgehead atoms. The first-order valence-electron chi connectivity index (χ1n) is 14.0. The van der Waals surface area contributed by atoms with Gasteiger partial charge in [0, 0.05) is 56.9 Å². The largest absolute Gasteiger partial charge is 0.508 e. The van der Waals surface area contributed by atoms with Gasteiger partial charge in [0.2, 0.25) is 0 Å². The predicted molar refractivity (Wildman–Crippen MR) is 158 cm³/mol. The molecule has 3 aliphatic heterocycles. The van der Waals surface area contributed by atoms with E-state index in [0.29, 0.717) is 48.9 Å². The van der Waals surface area contributed by atoms with E-state index < -0.39 is 41.0 Å². The second-order valence-corrected chi connectivity index (χ2v) is 12.2. The Balaban J connectivity index is 0.00000264. The molecule has 2 aromatic carbocycles. The Kier molecular flexibility index (Phi) is 10.9. The number of likely N-dealkylation sites (tertiary alicyclic amines) is 1. The van der Waals surface area contributed by atoms with Crippen molar-refractivity contribution in [2.45, 2.75) is 69.8 Å². The summed E-state index contributed by atoms with van der Waals surface area (Å²) in [5, 5.41) is 10.2. The molecule has 1 N–H and O–H groups in total.